The summed E-state index contributed by atoms with van der Waals surface area (Å²) in [7, 11) is 0. The highest BCUT2D eigenvalue weighted by Crippen LogP contribution is 2.39. The van der Waals surface area contributed by atoms with Gasteiger partial charge >= 0.3 is 0 Å². The monoisotopic (exact) mass is 513 g/mol. The first kappa shape index (κ1) is 25.9. The molecule has 0 amide bonds. The minimum absolute atomic E-state index is 0.0584. The molecule has 1 N–H and O–H groups in total. The summed E-state index contributed by atoms with van der Waals surface area (Å²) in [6.45, 7) is 6.23. The van der Waals surface area contributed by atoms with Crippen LogP contribution in [0.1, 0.15) is 49.5 Å². The topological polar surface area (TPSA) is 57.4 Å². The lowest BCUT2D eigenvalue weighted by Gasteiger charge is -2.20. The zero-order chi connectivity index (χ0) is 24.7. The summed E-state index contributed by atoms with van der Waals surface area (Å²) in [5.74, 6) is 1.68. The normalized spacial score (nSPS) is 16.7. The predicted octanol–water partition coefficient (Wildman–Crippen LogP) is 8.04. The van der Waals surface area contributed by atoms with Gasteiger partial charge in [-0.25, -0.2) is 0 Å². The van der Waals surface area contributed by atoms with Crippen molar-refractivity contribution in [3.8, 4) is 11.8 Å². The molecule has 2 atom stereocenters. The number of hydrogen-bond donors (Lipinski definition) is 1. The van der Waals surface area contributed by atoms with Gasteiger partial charge in [-0.1, -0.05) is 59.1 Å². The van der Waals surface area contributed by atoms with Crippen molar-refractivity contribution in [3.05, 3.63) is 98.5 Å². The minimum Gasteiger partial charge on any atom is -0.493 e. The Morgan fingerprint density at radius 3 is 1.97 bits per heavy atom. The molecular weight excluding hydrogens is 489 g/mol. The summed E-state index contributed by atoms with van der Waals surface area (Å²) in [6.07, 6.45) is 0. The summed E-state index contributed by atoms with van der Waals surface area (Å²) >= 11 is 18.5. The van der Waals surface area contributed by atoms with Crippen LogP contribution in [0.2, 0.25) is 15.1 Å². The van der Waals surface area contributed by atoms with E-state index in [0.717, 1.165) is 28.3 Å². The van der Waals surface area contributed by atoms with Crippen molar-refractivity contribution in [2.45, 2.75) is 32.9 Å². The smallest absolute Gasteiger partial charge is 0.133 e. The van der Waals surface area contributed by atoms with Crippen molar-refractivity contribution >= 4 is 40.6 Å². The molecule has 176 valence electrons. The number of nitriles is 1. The molecular formula is C27H26Cl3N3O. The molecule has 0 radical (unpaired) electrons. The SMILES string of the molecule is CC(C)C#N.CCOc1ccc(Cl)cc1C1=N[C@@H](c2ccc(Cl)cc2)[C@@H](c2ccc(Cl)cc2)N1. The van der Waals surface area contributed by atoms with E-state index >= 15 is 0 Å². The summed E-state index contributed by atoms with van der Waals surface area (Å²) in [6, 6.07) is 23.0. The molecule has 0 aliphatic carbocycles. The standard InChI is InChI=1S/C23H19Cl3N2O.C4H7N/c1-2-29-20-12-11-18(26)13-19(20)23-27-21(14-3-7-16(24)8-4-14)22(28-23)15-5-9-17(25)10-6-15;1-4(2)3-5/h3-13,21-22H,2H2,1H3,(H,27,28);4H,1-2H3/t21-,22+;. The number of aliphatic imine (C=N–C) groups is 1. The van der Waals surface area contributed by atoms with E-state index in [1.165, 1.54) is 0 Å². The Hall–Kier alpha value is -2.71. The lowest BCUT2D eigenvalue weighted by Crippen LogP contribution is -2.25. The van der Waals surface area contributed by atoms with E-state index in [1.807, 2.05) is 93.6 Å². The van der Waals surface area contributed by atoms with Crippen LogP contribution in [0.5, 0.6) is 5.75 Å². The second kappa shape index (κ2) is 12.1. The van der Waals surface area contributed by atoms with Gasteiger partial charge in [0.05, 0.1) is 24.3 Å². The van der Waals surface area contributed by atoms with E-state index in [1.54, 1.807) is 0 Å². The highest BCUT2D eigenvalue weighted by molar-refractivity contribution is 6.31. The fourth-order valence-electron chi connectivity index (χ4n) is 3.46. The van der Waals surface area contributed by atoms with E-state index in [2.05, 4.69) is 5.32 Å². The Labute approximate surface area is 216 Å². The maximum absolute atomic E-state index is 7.89. The summed E-state index contributed by atoms with van der Waals surface area (Å²) in [5.41, 5.74) is 3.00. The number of nitrogens with zero attached hydrogens (tertiary/aromatic N) is 2. The molecule has 1 aliphatic rings. The molecule has 7 heteroatoms. The third-order valence-electron chi connectivity index (χ3n) is 5.07. The number of nitrogens with one attached hydrogen (secondary N) is 1. The largest absolute Gasteiger partial charge is 0.493 e. The average Bonchev–Trinajstić information content (AvgIpc) is 3.27. The van der Waals surface area contributed by atoms with Crippen LogP contribution in [-0.2, 0) is 0 Å². The zero-order valence-electron chi connectivity index (χ0n) is 19.2. The first-order chi connectivity index (χ1) is 16.3. The van der Waals surface area contributed by atoms with Crippen LogP contribution in [0.15, 0.2) is 71.7 Å². The third-order valence-corrected chi connectivity index (χ3v) is 5.81. The average molecular weight is 515 g/mol. The van der Waals surface area contributed by atoms with Crippen LogP contribution in [0.3, 0.4) is 0 Å². The van der Waals surface area contributed by atoms with Crippen molar-refractivity contribution in [1.29, 1.82) is 5.26 Å². The summed E-state index contributed by atoms with van der Waals surface area (Å²) < 4.78 is 5.80. The number of halogens is 3. The van der Waals surface area contributed by atoms with Crippen LogP contribution >= 0.6 is 34.8 Å². The van der Waals surface area contributed by atoms with E-state index in [4.69, 9.17) is 49.8 Å². The molecule has 0 bridgehead atoms. The predicted molar refractivity (Wildman–Crippen MR) is 141 cm³/mol. The van der Waals surface area contributed by atoms with Crippen molar-refractivity contribution in [3.63, 3.8) is 0 Å². The van der Waals surface area contributed by atoms with Gasteiger partial charge < -0.3 is 10.1 Å². The molecule has 0 saturated carbocycles. The zero-order valence-corrected chi connectivity index (χ0v) is 21.5. The quantitative estimate of drug-likeness (QED) is 0.375. The number of benzene rings is 3. The maximum atomic E-state index is 7.89. The van der Waals surface area contributed by atoms with Gasteiger partial charge in [0.2, 0.25) is 0 Å². The van der Waals surface area contributed by atoms with Crippen LogP contribution in [0, 0.1) is 17.2 Å². The molecule has 4 nitrogen and oxygen atoms in total. The second-order valence-corrected chi connectivity index (χ2v) is 9.31. The van der Waals surface area contributed by atoms with Crippen molar-refractivity contribution in [2.75, 3.05) is 6.61 Å². The van der Waals surface area contributed by atoms with Crippen molar-refractivity contribution in [1.82, 2.24) is 5.32 Å². The number of rotatable bonds is 5. The van der Waals surface area contributed by atoms with Crippen LogP contribution in [-0.4, -0.2) is 12.4 Å². The van der Waals surface area contributed by atoms with Crippen molar-refractivity contribution in [2.24, 2.45) is 10.9 Å². The Kier molecular flexibility index (Phi) is 9.24. The number of hydrogen-bond acceptors (Lipinski definition) is 4. The first-order valence-corrected chi connectivity index (χ1v) is 12.1. The molecule has 1 heterocycles. The molecule has 4 rings (SSSR count). The van der Waals surface area contributed by atoms with Crippen LogP contribution in [0.4, 0.5) is 0 Å². The van der Waals surface area contributed by atoms with Gasteiger partial charge in [0.15, 0.2) is 0 Å². The van der Waals surface area contributed by atoms with E-state index in [9.17, 15) is 0 Å². The van der Waals surface area contributed by atoms with Crippen molar-refractivity contribution < 1.29 is 4.74 Å². The Morgan fingerprint density at radius 2 is 1.44 bits per heavy atom. The van der Waals surface area contributed by atoms with Gasteiger partial charge in [0, 0.05) is 21.0 Å². The summed E-state index contributed by atoms with van der Waals surface area (Å²) in [4.78, 5) is 5.01. The molecule has 1 aliphatic heterocycles. The number of amidine groups is 1. The maximum Gasteiger partial charge on any atom is 0.133 e. The Bertz CT molecular complexity index is 1170. The van der Waals surface area contributed by atoms with Gasteiger partial charge in [-0.15, -0.1) is 0 Å². The van der Waals surface area contributed by atoms with Gasteiger partial charge in [-0.2, -0.15) is 5.26 Å². The van der Waals surface area contributed by atoms with Gasteiger partial charge in [-0.3, -0.25) is 4.99 Å². The molecule has 0 aromatic heterocycles. The molecule has 3 aromatic carbocycles. The molecule has 3 aromatic rings. The Balaban J connectivity index is 0.000000588. The highest BCUT2D eigenvalue weighted by Gasteiger charge is 2.33. The van der Waals surface area contributed by atoms with Crippen LogP contribution in [0.25, 0.3) is 0 Å². The van der Waals surface area contributed by atoms with E-state index < -0.39 is 0 Å². The first-order valence-electron chi connectivity index (χ1n) is 11.0. The fraction of sp³-hybridized carbons (Fsp3) is 0.259. The molecule has 0 saturated heterocycles. The van der Waals surface area contributed by atoms with Gasteiger partial charge in [0.25, 0.3) is 0 Å². The molecule has 0 spiro atoms. The number of ether oxygens (including phenoxy) is 1. The Morgan fingerprint density at radius 1 is 0.912 bits per heavy atom. The van der Waals surface area contributed by atoms with E-state index in [-0.39, 0.29) is 18.0 Å². The minimum atomic E-state index is -0.128. The molecule has 0 fully saturated rings. The van der Waals surface area contributed by atoms with Crippen LogP contribution < -0.4 is 10.1 Å². The van der Waals surface area contributed by atoms with E-state index in [0.29, 0.717) is 21.7 Å². The second-order valence-electron chi connectivity index (χ2n) is 8.00. The molecule has 34 heavy (non-hydrogen) atoms. The lowest BCUT2D eigenvalue weighted by molar-refractivity contribution is 0.339. The fourth-order valence-corrected chi connectivity index (χ4v) is 3.88. The highest BCUT2D eigenvalue weighted by atomic mass is 35.5. The summed E-state index contributed by atoms with van der Waals surface area (Å²) in [5, 5.41) is 13.5. The molecule has 0 unspecified atom stereocenters. The van der Waals surface area contributed by atoms with Gasteiger partial charge in [-0.05, 0) is 74.4 Å². The lowest BCUT2D eigenvalue weighted by atomic mass is 9.95. The van der Waals surface area contributed by atoms with Gasteiger partial charge in [0.1, 0.15) is 17.6 Å². The third kappa shape index (κ3) is 6.67.